The lowest BCUT2D eigenvalue weighted by molar-refractivity contribution is -0.119. The van der Waals surface area contributed by atoms with Crippen molar-refractivity contribution in [3.8, 4) is 10.6 Å². The lowest BCUT2D eigenvalue weighted by Gasteiger charge is -2.21. The van der Waals surface area contributed by atoms with Crippen LogP contribution in [0.1, 0.15) is 31.4 Å². The van der Waals surface area contributed by atoms with Crippen LogP contribution in [0.15, 0.2) is 35.7 Å². The molecule has 1 aromatic carbocycles. The van der Waals surface area contributed by atoms with Gasteiger partial charge in [-0.2, -0.15) is 0 Å². The third-order valence-electron chi connectivity index (χ3n) is 4.49. The molecule has 4 rings (SSSR count). The Bertz CT molecular complexity index is 933. The molecule has 1 saturated heterocycles. The summed E-state index contributed by atoms with van der Waals surface area (Å²) in [5, 5.41) is 9.67. The molecule has 0 unspecified atom stereocenters. The number of rotatable bonds is 6. The molecule has 6 nitrogen and oxygen atoms in total. The number of aromatic nitrogens is 2. The van der Waals surface area contributed by atoms with Crippen molar-refractivity contribution in [1.29, 1.82) is 0 Å². The zero-order valence-corrected chi connectivity index (χ0v) is 17.2. The fourth-order valence-electron chi connectivity index (χ4n) is 3.11. The predicted molar refractivity (Wildman–Crippen MR) is 115 cm³/mol. The lowest BCUT2D eigenvalue weighted by Crippen LogP contribution is -2.25. The highest BCUT2D eigenvalue weighted by molar-refractivity contribution is 7.20. The quantitative estimate of drug-likeness (QED) is 0.579. The highest BCUT2D eigenvalue weighted by atomic mass is 32.1. The summed E-state index contributed by atoms with van der Waals surface area (Å²) in [4.78, 5) is 22.4. The average molecular weight is 415 g/mol. The number of thiazole rings is 2. The molecular weight excluding hydrogens is 392 g/mol. The highest BCUT2D eigenvalue weighted by Crippen LogP contribution is 2.35. The van der Waals surface area contributed by atoms with E-state index in [-0.39, 0.29) is 12.0 Å². The summed E-state index contributed by atoms with van der Waals surface area (Å²) in [5.74, 6) is -0.0445. The van der Waals surface area contributed by atoms with E-state index in [0.29, 0.717) is 11.6 Å². The van der Waals surface area contributed by atoms with E-state index < -0.39 is 0 Å². The predicted octanol–water partition coefficient (Wildman–Crippen LogP) is 5.22. The first-order valence-electron chi connectivity index (χ1n) is 9.34. The van der Waals surface area contributed by atoms with Crippen LogP contribution in [0.3, 0.4) is 0 Å². The second-order valence-electron chi connectivity index (χ2n) is 6.70. The van der Waals surface area contributed by atoms with Crippen LogP contribution in [0.2, 0.25) is 0 Å². The van der Waals surface area contributed by atoms with Crippen molar-refractivity contribution in [2.45, 2.75) is 38.7 Å². The summed E-state index contributed by atoms with van der Waals surface area (Å²) in [5.41, 5.74) is 2.74. The molecule has 28 heavy (non-hydrogen) atoms. The summed E-state index contributed by atoms with van der Waals surface area (Å²) in [6.07, 6.45) is 3.57. The van der Waals surface area contributed by atoms with Crippen molar-refractivity contribution in [1.82, 2.24) is 9.97 Å². The number of carbonyl (C=O) groups is 1. The minimum absolute atomic E-state index is 0.0273. The number of aryl methyl sites for hydroxylation is 1. The van der Waals surface area contributed by atoms with Crippen molar-refractivity contribution in [2.75, 3.05) is 17.2 Å². The second-order valence-corrected chi connectivity index (χ2v) is 8.56. The molecule has 1 aliphatic rings. The van der Waals surface area contributed by atoms with Gasteiger partial charge in [0.15, 0.2) is 10.3 Å². The number of carbonyl (C=O) groups excluding carboxylic acids is 1. The summed E-state index contributed by atoms with van der Waals surface area (Å²) < 4.78 is 5.64. The Labute approximate surface area is 172 Å². The second kappa shape index (κ2) is 8.81. The van der Waals surface area contributed by atoms with Crippen molar-refractivity contribution in [3.05, 3.63) is 41.4 Å². The number of ether oxygens (including phenoxy) is 1. The van der Waals surface area contributed by atoms with Crippen molar-refractivity contribution in [2.24, 2.45) is 0 Å². The maximum atomic E-state index is 12.3. The minimum atomic E-state index is -0.0445. The van der Waals surface area contributed by atoms with Crippen LogP contribution in [0.5, 0.6) is 0 Å². The number of nitrogens with one attached hydrogen (secondary N) is 2. The first-order valence-corrected chi connectivity index (χ1v) is 11.0. The number of hydrogen-bond donors (Lipinski definition) is 2. The van der Waals surface area contributed by atoms with Crippen molar-refractivity contribution >= 4 is 44.5 Å². The molecule has 0 aliphatic carbocycles. The Morgan fingerprint density at radius 1 is 1.21 bits per heavy atom. The van der Waals surface area contributed by atoms with Crippen molar-refractivity contribution in [3.63, 3.8) is 0 Å². The van der Waals surface area contributed by atoms with Gasteiger partial charge in [0.05, 0.1) is 28.8 Å². The van der Waals surface area contributed by atoms with Crippen LogP contribution in [0.25, 0.3) is 10.6 Å². The molecule has 1 aliphatic heterocycles. The Kier molecular flexibility index (Phi) is 5.99. The Morgan fingerprint density at radius 2 is 2.07 bits per heavy atom. The normalized spacial score (nSPS) is 16.7. The first-order chi connectivity index (χ1) is 13.7. The van der Waals surface area contributed by atoms with E-state index in [4.69, 9.17) is 4.74 Å². The fraction of sp³-hybridized carbons (Fsp3) is 0.350. The van der Waals surface area contributed by atoms with Gasteiger partial charge in [0.25, 0.3) is 0 Å². The van der Waals surface area contributed by atoms with E-state index in [0.717, 1.165) is 53.0 Å². The van der Waals surface area contributed by atoms with Gasteiger partial charge < -0.3 is 15.4 Å². The van der Waals surface area contributed by atoms with Crippen LogP contribution in [-0.4, -0.2) is 28.6 Å². The highest BCUT2D eigenvalue weighted by Gasteiger charge is 2.19. The molecular formula is C20H22N4O2S2. The van der Waals surface area contributed by atoms with Gasteiger partial charge in [0.2, 0.25) is 5.91 Å². The molecule has 0 radical (unpaired) electrons. The summed E-state index contributed by atoms with van der Waals surface area (Å²) >= 11 is 3.00. The molecule has 0 bridgehead atoms. The van der Waals surface area contributed by atoms with Gasteiger partial charge in [-0.3, -0.25) is 4.79 Å². The molecule has 3 heterocycles. The lowest BCUT2D eigenvalue weighted by atomic mass is 10.1. The molecule has 1 fully saturated rings. The van der Waals surface area contributed by atoms with Crippen LogP contribution in [0, 0.1) is 6.92 Å². The van der Waals surface area contributed by atoms with Gasteiger partial charge in [-0.15, -0.1) is 11.3 Å². The number of amides is 1. The van der Waals surface area contributed by atoms with E-state index in [1.807, 2.05) is 42.6 Å². The Morgan fingerprint density at radius 3 is 2.86 bits per heavy atom. The number of para-hydroxylation sites is 1. The SMILES string of the molecule is Cc1nc(NC(=O)C[C@H]2CCCCO2)sc1-c1csc(Nc2ccccc2)n1. The maximum Gasteiger partial charge on any atom is 0.228 e. The molecule has 3 aromatic rings. The smallest absolute Gasteiger partial charge is 0.228 e. The van der Waals surface area contributed by atoms with Crippen molar-refractivity contribution < 1.29 is 9.53 Å². The molecule has 8 heteroatoms. The molecule has 146 valence electrons. The number of benzene rings is 1. The van der Waals surface area contributed by atoms with E-state index >= 15 is 0 Å². The van der Waals surface area contributed by atoms with E-state index in [2.05, 4.69) is 20.6 Å². The van der Waals surface area contributed by atoms with E-state index in [1.165, 1.54) is 11.3 Å². The first kappa shape index (κ1) is 19.0. The fourth-order valence-corrected chi connectivity index (χ4v) is 4.85. The Hall–Kier alpha value is -2.29. The Balaban J connectivity index is 1.40. The van der Waals surface area contributed by atoms with Crippen LogP contribution in [0.4, 0.5) is 16.0 Å². The summed E-state index contributed by atoms with van der Waals surface area (Å²) in [6, 6.07) is 9.95. The molecule has 0 spiro atoms. The summed E-state index contributed by atoms with van der Waals surface area (Å²) in [7, 11) is 0. The van der Waals surface area contributed by atoms with Gasteiger partial charge >= 0.3 is 0 Å². The van der Waals surface area contributed by atoms with Gasteiger partial charge in [-0.25, -0.2) is 9.97 Å². The zero-order chi connectivity index (χ0) is 19.3. The monoisotopic (exact) mass is 414 g/mol. The standard InChI is InChI=1S/C20H22N4O2S2/c1-13-18(16-12-27-19(23-16)22-14-7-3-2-4-8-14)28-20(21-13)24-17(25)11-15-9-5-6-10-26-15/h2-4,7-8,12,15H,5-6,9-11H2,1H3,(H,22,23)(H,21,24,25)/t15-/m1/s1. The third-order valence-corrected chi connectivity index (χ3v) is 6.34. The van der Waals surface area contributed by atoms with E-state index in [9.17, 15) is 4.79 Å². The zero-order valence-electron chi connectivity index (χ0n) is 15.6. The topological polar surface area (TPSA) is 76.1 Å². The molecule has 1 amide bonds. The molecule has 2 N–H and O–H groups in total. The number of anilines is 3. The number of hydrogen-bond acceptors (Lipinski definition) is 7. The van der Waals surface area contributed by atoms with Crippen LogP contribution < -0.4 is 10.6 Å². The van der Waals surface area contributed by atoms with Crippen LogP contribution in [-0.2, 0) is 9.53 Å². The summed E-state index contributed by atoms with van der Waals surface area (Å²) in [6.45, 7) is 2.69. The molecule has 2 aromatic heterocycles. The van der Waals surface area contributed by atoms with E-state index in [1.54, 1.807) is 11.3 Å². The maximum absolute atomic E-state index is 12.3. The average Bonchev–Trinajstić information content (AvgIpc) is 3.29. The van der Waals surface area contributed by atoms with Crippen LogP contribution >= 0.6 is 22.7 Å². The van der Waals surface area contributed by atoms with Gasteiger partial charge in [-0.05, 0) is 38.3 Å². The van der Waals surface area contributed by atoms with Gasteiger partial charge in [0.1, 0.15) is 0 Å². The largest absolute Gasteiger partial charge is 0.378 e. The minimum Gasteiger partial charge on any atom is -0.378 e. The molecule has 0 saturated carbocycles. The van der Waals surface area contributed by atoms with Gasteiger partial charge in [-0.1, -0.05) is 29.5 Å². The number of nitrogens with zero attached hydrogens (tertiary/aromatic N) is 2. The third kappa shape index (κ3) is 4.76. The molecule has 1 atom stereocenters. The van der Waals surface area contributed by atoms with Gasteiger partial charge in [0, 0.05) is 17.7 Å².